The monoisotopic (exact) mass is 395 g/mol. The predicted molar refractivity (Wildman–Crippen MR) is 114 cm³/mol. The number of benzene rings is 1. The van der Waals surface area contributed by atoms with E-state index in [1.165, 1.54) is 5.56 Å². The summed E-state index contributed by atoms with van der Waals surface area (Å²) in [6, 6.07) is 12.6. The zero-order valence-electron chi connectivity index (χ0n) is 16.9. The number of aromatic amines is 1. The largest absolute Gasteiger partial charge is 0.345 e. The van der Waals surface area contributed by atoms with Crippen LogP contribution in [0.2, 0.25) is 0 Å². The smallest absolute Gasteiger partial charge is 0.271 e. The minimum Gasteiger partial charge on any atom is -0.345 e. The van der Waals surface area contributed by atoms with Crippen molar-refractivity contribution < 1.29 is 4.79 Å². The molecular weight excluding hydrogens is 374 g/mol. The van der Waals surface area contributed by atoms with Crippen LogP contribution in [0.1, 0.15) is 34.6 Å². The second kappa shape index (κ2) is 5.92. The molecule has 148 valence electrons. The lowest BCUT2D eigenvalue weighted by molar-refractivity contribution is 0.0705. The van der Waals surface area contributed by atoms with Crippen molar-refractivity contribution in [2.24, 2.45) is 0 Å². The molecule has 3 aromatic heterocycles. The normalized spacial score (nSPS) is 16.3. The Hall–Kier alpha value is -3.67. The van der Waals surface area contributed by atoms with Crippen LogP contribution < -0.4 is 0 Å². The van der Waals surface area contributed by atoms with Crippen LogP contribution in [-0.2, 0) is 5.54 Å². The fourth-order valence-electron chi connectivity index (χ4n) is 4.74. The van der Waals surface area contributed by atoms with Crippen molar-refractivity contribution in [2.75, 3.05) is 7.05 Å². The molecule has 0 saturated heterocycles. The van der Waals surface area contributed by atoms with Crippen LogP contribution in [0.3, 0.4) is 0 Å². The molecule has 6 rings (SSSR count). The molecule has 1 fully saturated rings. The second-order valence-electron chi connectivity index (χ2n) is 8.21. The first-order chi connectivity index (χ1) is 14.6. The molecule has 0 radical (unpaired) electrons. The van der Waals surface area contributed by atoms with E-state index in [1.807, 2.05) is 48.0 Å². The van der Waals surface area contributed by atoms with Gasteiger partial charge in [0.25, 0.3) is 5.91 Å². The number of carbonyl (C=O) groups is 1. The van der Waals surface area contributed by atoms with Crippen molar-refractivity contribution in [3.05, 3.63) is 78.3 Å². The van der Waals surface area contributed by atoms with Gasteiger partial charge in [0, 0.05) is 41.8 Å². The van der Waals surface area contributed by atoms with Crippen molar-refractivity contribution in [3.8, 4) is 28.1 Å². The summed E-state index contributed by atoms with van der Waals surface area (Å²) in [7, 11) is 1.93. The average Bonchev–Trinajstić information content (AvgIpc) is 3.19. The van der Waals surface area contributed by atoms with Gasteiger partial charge in [0.2, 0.25) is 0 Å². The molecule has 1 saturated carbocycles. The van der Waals surface area contributed by atoms with Gasteiger partial charge in [-0.25, -0.2) is 4.98 Å². The number of H-pyrrole nitrogens is 1. The molecule has 0 atom stereocenters. The van der Waals surface area contributed by atoms with E-state index in [-0.39, 0.29) is 11.4 Å². The number of aromatic nitrogens is 4. The summed E-state index contributed by atoms with van der Waals surface area (Å²) in [5.41, 5.74) is 7.78. The topological polar surface area (TPSA) is 66.8 Å². The molecule has 30 heavy (non-hydrogen) atoms. The van der Waals surface area contributed by atoms with Crippen LogP contribution in [0.25, 0.3) is 28.1 Å². The van der Waals surface area contributed by atoms with Crippen LogP contribution in [-0.4, -0.2) is 37.4 Å². The molecule has 0 unspecified atom stereocenters. The van der Waals surface area contributed by atoms with Gasteiger partial charge in [0.1, 0.15) is 5.69 Å². The molecule has 1 amide bonds. The Labute approximate surface area is 174 Å². The van der Waals surface area contributed by atoms with E-state index < -0.39 is 0 Å². The van der Waals surface area contributed by atoms with E-state index in [1.54, 1.807) is 12.5 Å². The summed E-state index contributed by atoms with van der Waals surface area (Å²) < 4.78 is 2.05. The SMILES string of the molecule is Cc1ncccc1-c1ccc2c(c1)-n1cc(-c3cnc[nH]3)cc1C(=O)N(C)C21CC1. The van der Waals surface area contributed by atoms with Gasteiger partial charge < -0.3 is 14.5 Å². The van der Waals surface area contributed by atoms with Gasteiger partial charge in [-0.15, -0.1) is 0 Å². The first kappa shape index (κ1) is 17.2. The summed E-state index contributed by atoms with van der Waals surface area (Å²) in [6.45, 7) is 2.03. The number of hydrogen-bond donors (Lipinski definition) is 1. The maximum Gasteiger partial charge on any atom is 0.271 e. The van der Waals surface area contributed by atoms with Crippen LogP contribution in [0.5, 0.6) is 0 Å². The minimum atomic E-state index is -0.206. The van der Waals surface area contributed by atoms with Crippen LogP contribution in [0.4, 0.5) is 0 Å². The molecular formula is C24H21N5O. The van der Waals surface area contributed by atoms with E-state index in [0.717, 1.165) is 46.6 Å². The van der Waals surface area contributed by atoms with Crippen LogP contribution >= 0.6 is 0 Å². The van der Waals surface area contributed by atoms with Crippen molar-refractivity contribution in [2.45, 2.75) is 25.3 Å². The predicted octanol–water partition coefficient (Wildman–Crippen LogP) is 4.31. The number of aryl methyl sites for hydroxylation is 1. The highest BCUT2D eigenvalue weighted by atomic mass is 16.2. The molecule has 1 aromatic carbocycles. The van der Waals surface area contributed by atoms with E-state index in [4.69, 9.17) is 0 Å². The maximum atomic E-state index is 13.4. The zero-order valence-corrected chi connectivity index (χ0v) is 16.9. The quantitative estimate of drug-likeness (QED) is 0.550. The Bertz CT molecular complexity index is 1300. The summed E-state index contributed by atoms with van der Waals surface area (Å²) in [5, 5.41) is 0. The Morgan fingerprint density at radius 3 is 2.73 bits per heavy atom. The number of pyridine rings is 1. The first-order valence-corrected chi connectivity index (χ1v) is 10.1. The maximum absolute atomic E-state index is 13.4. The van der Waals surface area contributed by atoms with Gasteiger partial charge in [-0.1, -0.05) is 18.2 Å². The standard InChI is InChI=1S/C24H21N5O/c1-15-18(4-3-9-26-15)16-5-6-19-21(10-16)29-13-17(20-12-25-14-27-20)11-22(29)23(30)28(2)24(19)7-8-24/h3-6,9-14H,7-8H2,1-2H3,(H,25,27). The van der Waals surface area contributed by atoms with Crippen molar-refractivity contribution >= 4 is 5.91 Å². The molecule has 2 aliphatic rings. The minimum absolute atomic E-state index is 0.0496. The molecule has 4 aromatic rings. The van der Waals surface area contributed by atoms with Gasteiger partial charge >= 0.3 is 0 Å². The lowest BCUT2D eigenvalue weighted by Crippen LogP contribution is -2.36. The Morgan fingerprint density at radius 1 is 1.13 bits per heavy atom. The van der Waals surface area contributed by atoms with Crippen LogP contribution in [0.15, 0.2) is 61.3 Å². The third-order valence-corrected chi connectivity index (χ3v) is 6.60. The fraction of sp³-hybridized carbons (Fsp3) is 0.208. The van der Waals surface area contributed by atoms with E-state index in [9.17, 15) is 4.79 Å². The Kier molecular flexibility index (Phi) is 3.40. The van der Waals surface area contributed by atoms with E-state index in [2.05, 4.69) is 39.2 Å². The fourth-order valence-corrected chi connectivity index (χ4v) is 4.74. The number of hydrogen-bond acceptors (Lipinski definition) is 3. The summed E-state index contributed by atoms with van der Waals surface area (Å²) in [5.74, 6) is 0.0496. The molecule has 4 heterocycles. The molecule has 1 N–H and O–H groups in total. The summed E-state index contributed by atoms with van der Waals surface area (Å²) in [4.78, 5) is 27.1. The molecule has 0 bridgehead atoms. The average molecular weight is 395 g/mol. The number of carbonyl (C=O) groups excluding carboxylic acids is 1. The van der Waals surface area contributed by atoms with Crippen molar-refractivity contribution in [1.82, 2.24) is 24.4 Å². The van der Waals surface area contributed by atoms with Gasteiger partial charge in [0.05, 0.1) is 29.4 Å². The molecule has 1 aliphatic carbocycles. The summed E-state index contributed by atoms with van der Waals surface area (Å²) in [6.07, 6.45) is 9.27. The van der Waals surface area contributed by atoms with E-state index in [0.29, 0.717) is 5.69 Å². The lowest BCUT2D eigenvalue weighted by atomic mass is 9.96. The highest BCUT2D eigenvalue weighted by Crippen LogP contribution is 2.54. The van der Waals surface area contributed by atoms with Crippen molar-refractivity contribution in [3.63, 3.8) is 0 Å². The number of nitrogens with zero attached hydrogens (tertiary/aromatic N) is 4. The summed E-state index contributed by atoms with van der Waals surface area (Å²) >= 11 is 0. The van der Waals surface area contributed by atoms with Gasteiger partial charge in [-0.2, -0.15) is 0 Å². The molecule has 6 heteroatoms. The number of nitrogens with one attached hydrogen (secondary N) is 1. The zero-order chi connectivity index (χ0) is 20.5. The Morgan fingerprint density at radius 2 is 2.00 bits per heavy atom. The van der Waals surface area contributed by atoms with Gasteiger partial charge in [-0.05, 0) is 43.5 Å². The molecule has 1 spiro atoms. The highest BCUT2D eigenvalue weighted by Gasteiger charge is 2.53. The van der Waals surface area contributed by atoms with Gasteiger partial charge in [0.15, 0.2) is 0 Å². The first-order valence-electron chi connectivity index (χ1n) is 10.1. The third-order valence-electron chi connectivity index (χ3n) is 6.60. The second-order valence-corrected chi connectivity index (χ2v) is 8.21. The highest BCUT2D eigenvalue weighted by molar-refractivity contribution is 5.97. The van der Waals surface area contributed by atoms with Crippen molar-refractivity contribution in [1.29, 1.82) is 0 Å². The number of imidazole rings is 1. The van der Waals surface area contributed by atoms with Gasteiger partial charge in [-0.3, -0.25) is 9.78 Å². The molecule has 6 nitrogen and oxygen atoms in total. The number of fused-ring (bicyclic) bond motifs is 4. The van der Waals surface area contributed by atoms with Crippen LogP contribution in [0, 0.1) is 6.92 Å². The Balaban J connectivity index is 1.62. The lowest BCUT2D eigenvalue weighted by Gasteiger charge is -2.27. The number of rotatable bonds is 2. The third kappa shape index (κ3) is 2.27. The number of amides is 1. The van der Waals surface area contributed by atoms with E-state index >= 15 is 0 Å². The molecule has 1 aliphatic heterocycles.